The van der Waals surface area contributed by atoms with Crippen molar-refractivity contribution < 1.29 is 19.1 Å². The van der Waals surface area contributed by atoms with Gasteiger partial charge < -0.3 is 10.1 Å². The Balaban J connectivity index is 1.92. The van der Waals surface area contributed by atoms with Crippen LogP contribution in [-0.2, 0) is 4.79 Å². The van der Waals surface area contributed by atoms with Gasteiger partial charge >= 0.3 is 0 Å². The number of ether oxygens (including phenoxy) is 1. The van der Waals surface area contributed by atoms with Gasteiger partial charge in [0.15, 0.2) is 0 Å². The number of hydrogen-bond donors (Lipinski definition) is 3. The third-order valence-corrected chi connectivity index (χ3v) is 4.61. The van der Waals surface area contributed by atoms with Crippen LogP contribution in [0.1, 0.15) is 48.4 Å². The third-order valence-electron chi connectivity index (χ3n) is 3.99. The molecule has 160 valence electrons. The molecule has 3 N–H and O–H groups in total. The summed E-state index contributed by atoms with van der Waals surface area (Å²) in [7, 11) is 0. The monoisotopic (exact) mass is 475 g/mol. The van der Waals surface area contributed by atoms with Crippen molar-refractivity contribution in [1.82, 2.24) is 10.9 Å². The molecule has 2 rings (SSSR count). The first-order valence-corrected chi connectivity index (χ1v) is 10.4. The molecule has 8 heteroatoms. The van der Waals surface area contributed by atoms with Gasteiger partial charge in [-0.1, -0.05) is 27.7 Å². The number of benzene rings is 2. The van der Waals surface area contributed by atoms with Crippen molar-refractivity contribution >= 4 is 39.3 Å². The molecule has 0 saturated heterocycles. The molecule has 0 fully saturated rings. The Kier molecular flexibility index (Phi) is 8.41. The van der Waals surface area contributed by atoms with Gasteiger partial charge in [-0.05, 0) is 64.3 Å². The molecule has 0 unspecified atom stereocenters. The maximum atomic E-state index is 12.3. The Morgan fingerprint density at radius 2 is 1.47 bits per heavy atom. The highest BCUT2D eigenvalue weighted by Crippen LogP contribution is 2.26. The van der Waals surface area contributed by atoms with Gasteiger partial charge in [0.2, 0.25) is 5.91 Å². The molecule has 3 amide bonds. The lowest BCUT2D eigenvalue weighted by molar-refractivity contribution is -0.118. The number of hydrazine groups is 1. The normalized spacial score (nSPS) is 10.6. The molecule has 0 aromatic heterocycles. The SMILES string of the molecule is CC(C)COc1ccc(C(=O)NNC(=O)c2ccc(NC(=O)C(C)C)cc2)cc1Br. The van der Waals surface area contributed by atoms with Crippen molar-refractivity contribution in [2.24, 2.45) is 11.8 Å². The number of halogens is 1. The van der Waals surface area contributed by atoms with E-state index in [1.165, 1.54) is 0 Å². The lowest BCUT2D eigenvalue weighted by Gasteiger charge is -2.12. The number of nitrogens with one attached hydrogen (secondary N) is 3. The summed E-state index contributed by atoms with van der Waals surface area (Å²) < 4.78 is 6.31. The number of rotatable bonds is 7. The molecule has 0 aliphatic heterocycles. The Hall–Kier alpha value is -2.87. The van der Waals surface area contributed by atoms with E-state index in [9.17, 15) is 14.4 Å². The highest BCUT2D eigenvalue weighted by molar-refractivity contribution is 9.10. The van der Waals surface area contributed by atoms with Gasteiger partial charge in [0.05, 0.1) is 11.1 Å². The Bertz CT molecular complexity index is 911. The van der Waals surface area contributed by atoms with E-state index < -0.39 is 11.8 Å². The Morgan fingerprint density at radius 1 is 0.900 bits per heavy atom. The number of carbonyl (C=O) groups is 3. The van der Waals surface area contributed by atoms with Crippen LogP contribution in [0.3, 0.4) is 0 Å². The first-order valence-electron chi connectivity index (χ1n) is 9.61. The van der Waals surface area contributed by atoms with Gasteiger partial charge in [-0.3, -0.25) is 25.2 Å². The number of amides is 3. The lowest BCUT2D eigenvalue weighted by atomic mass is 10.1. The molecular formula is C22H26BrN3O4. The van der Waals surface area contributed by atoms with Gasteiger partial charge in [-0.2, -0.15) is 0 Å². The average Bonchev–Trinajstić information content (AvgIpc) is 2.71. The Morgan fingerprint density at radius 3 is 2.00 bits per heavy atom. The molecule has 30 heavy (non-hydrogen) atoms. The van der Waals surface area contributed by atoms with Crippen LogP contribution in [0.2, 0.25) is 0 Å². The van der Waals surface area contributed by atoms with Gasteiger partial charge in [0.25, 0.3) is 11.8 Å². The molecule has 7 nitrogen and oxygen atoms in total. The van der Waals surface area contributed by atoms with Crippen LogP contribution in [-0.4, -0.2) is 24.3 Å². The smallest absolute Gasteiger partial charge is 0.269 e. The maximum absolute atomic E-state index is 12.3. The van der Waals surface area contributed by atoms with E-state index in [0.717, 1.165) is 0 Å². The second kappa shape index (κ2) is 10.8. The first-order chi connectivity index (χ1) is 14.2. The summed E-state index contributed by atoms with van der Waals surface area (Å²) in [5.41, 5.74) is 6.07. The second-order valence-electron chi connectivity index (χ2n) is 7.48. The van der Waals surface area contributed by atoms with Gasteiger partial charge in [0.1, 0.15) is 5.75 Å². The number of carbonyl (C=O) groups excluding carboxylic acids is 3. The van der Waals surface area contributed by atoms with Crippen molar-refractivity contribution in [1.29, 1.82) is 0 Å². The van der Waals surface area contributed by atoms with E-state index in [-0.39, 0.29) is 11.8 Å². The predicted molar refractivity (Wildman–Crippen MR) is 119 cm³/mol. The summed E-state index contributed by atoms with van der Waals surface area (Å²) in [6, 6.07) is 11.3. The predicted octanol–water partition coefficient (Wildman–Crippen LogP) is 4.15. The molecule has 0 aliphatic rings. The summed E-state index contributed by atoms with van der Waals surface area (Å²) in [4.78, 5) is 36.3. The fourth-order valence-electron chi connectivity index (χ4n) is 2.26. The quantitative estimate of drug-likeness (QED) is 0.523. The van der Waals surface area contributed by atoms with Gasteiger partial charge in [-0.25, -0.2) is 0 Å². The minimum Gasteiger partial charge on any atom is -0.492 e. The van der Waals surface area contributed by atoms with Crippen molar-refractivity contribution in [3.63, 3.8) is 0 Å². The zero-order valence-corrected chi connectivity index (χ0v) is 19.0. The second-order valence-corrected chi connectivity index (χ2v) is 8.33. The maximum Gasteiger partial charge on any atom is 0.269 e. The summed E-state index contributed by atoms with van der Waals surface area (Å²) in [5, 5.41) is 2.75. The minimum absolute atomic E-state index is 0.105. The fourth-order valence-corrected chi connectivity index (χ4v) is 2.76. The fraction of sp³-hybridized carbons (Fsp3) is 0.318. The first kappa shape index (κ1) is 23.4. The lowest BCUT2D eigenvalue weighted by Crippen LogP contribution is -2.41. The molecule has 0 spiro atoms. The van der Waals surface area contributed by atoms with E-state index >= 15 is 0 Å². The summed E-state index contributed by atoms with van der Waals surface area (Å²) in [6.07, 6.45) is 0. The number of anilines is 1. The van der Waals surface area contributed by atoms with Gasteiger partial charge in [0, 0.05) is 22.7 Å². The topological polar surface area (TPSA) is 96.5 Å². The molecule has 2 aromatic carbocycles. The van der Waals surface area contributed by atoms with Crippen LogP contribution in [0.25, 0.3) is 0 Å². The van der Waals surface area contributed by atoms with E-state index in [0.29, 0.717) is 39.6 Å². The van der Waals surface area contributed by atoms with Crippen molar-refractivity contribution in [3.05, 3.63) is 58.1 Å². The van der Waals surface area contributed by atoms with Crippen LogP contribution in [0.15, 0.2) is 46.9 Å². The molecule has 0 heterocycles. The van der Waals surface area contributed by atoms with Crippen LogP contribution in [0.4, 0.5) is 5.69 Å². The highest BCUT2D eigenvalue weighted by Gasteiger charge is 2.12. The third kappa shape index (κ3) is 6.88. The van der Waals surface area contributed by atoms with Crippen LogP contribution >= 0.6 is 15.9 Å². The standard InChI is InChI=1S/C22H26BrN3O4/c1-13(2)12-30-19-10-7-16(11-18(19)23)22(29)26-25-21(28)15-5-8-17(9-6-15)24-20(27)14(3)4/h5-11,13-14H,12H2,1-4H3,(H,24,27)(H,25,28)(H,26,29). The van der Waals surface area contributed by atoms with Crippen LogP contribution in [0.5, 0.6) is 5.75 Å². The largest absolute Gasteiger partial charge is 0.492 e. The molecule has 0 saturated carbocycles. The van der Waals surface area contributed by atoms with Crippen LogP contribution < -0.4 is 20.9 Å². The van der Waals surface area contributed by atoms with Crippen molar-refractivity contribution in [3.8, 4) is 5.75 Å². The zero-order valence-electron chi connectivity index (χ0n) is 17.4. The van der Waals surface area contributed by atoms with E-state index in [4.69, 9.17) is 4.74 Å². The van der Waals surface area contributed by atoms with E-state index in [1.54, 1.807) is 56.3 Å². The summed E-state index contributed by atoms with van der Waals surface area (Å²) >= 11 is 3.39. The molecule has 0 bridgehead atoms. The Labute approximate surface area is 184 Å². The summed E-state index contributed by atoms with van der Waals surface area (Å²) in [6.45, 7) is 8.26. The van der Waals surface area contributed by atoms with Crippen molar-refractivity contribution in [2.45, 2.75) is 27.7 Å². The highest BCUT2D eigenvalue weighted by atomic mass is 79.9. The van der Waals surface area contributed by atoms with E-state index in [1.807, 2.05) is 13.8 Å². The van der Waals surface area contributed by atoms with Crippen LogP contribution in [0, 0.1) is 11.8 Å². The molecule has 0 aliphatic carbocycles. The number of hydrogen-bond acceptors (Lipinski definition) is 4. The zero-order chi connectivity index (χ0) is 22.3. The average molecular weight is 476 g/mol. The van der Waals surface area contributed by atoms with Gasteiger partial charge in [-0.15, -0.1) is 0 Å². The minimum atomic E-state index is -0.471. The van der Waals surface area contributed by atoms with E-state index in [2.05, 4.69) is 32.1 Å². The molecule has 2 aromatic rings. The molecule has 0 atom stereocenters. The molecule has 0 radical (unpaired) electrons. The molecular weight excluding hydrogens is 450 g/mol. The summed E-state index contributed by atoms with van der Waals surface area (Å²) in [5.74, 6) is -0.142. The van der Waals surface area contributed by atoms with Crippen molar-refractivity contribution in [2.75, 3.05) is 11.9 Å².